The van der Waals surface area contributed by atoms with Gasteiger partial charge in [-0.2, -0.15) is 5.26 Å². The van der Waals surface area contributed by atoms with Gasteiger partial charge < -0.3 is 24.3 Å². The number of halogens is 1. The number of carbonyl (C=O) groups excluding carboxylic acids is 2. The largest absolute Gasteiger partial charge is 0.490 e. The molecule has 2 amide bonds. The summed E-state index contributed by atoms with van der Waals surface area (Å²) in [5.74, 6) is -1.14. The van der Waals surface area contributed by atoms with Crippen LogP contribution >= 0.6 is 0 Å². The highest BCUT2D eigenvalue weighted by Crippen LogP contribution is 2.65. The van der Waals surface area contributed by atoms with Crippen molar-refractivity contribution in [1.29, 1.82) is 5.26 Å². The van der Waals surface area contributed by atoms with E-state index in [1.807, 2.05) is 36.4 Å². The van der Waals surface area contributed by atoms with Gasteiger partial charge in [-0.15, -0.1) is 0 Å². The lowest BCUT2D eigenvalue weighted by Gasteiger charge is -2.64. The van der Waals surface area contributed by atoms with Gasteiger partial charge in [0.2, 0.25) is 11.8 Å². The third-order valence-electron chi connectivity index (χ3n) is 10.1. The maximum atomic E-state index is 14.5. The Morgan fingerprint density at radius 1 is 1.16 bits per heavy atom. The fraction of sp³-hybridized carbons (Fsp3) is 0.559. The zero-order valence-electron chi connectivity index (χ0n) is 26.3. The summed E-state index contributed by atoms with van der Waals surface area (Å²) in [6.45, 7) is 6.79. The third kappa shape index (κ3) is 6.50. The number of benzene rings is 2. The number of nitrogens with zero attached hydrogens (tertiary/aromatic N) is 2. The molecule has 3 aliphatic carbocycles. The van der Waals surface area contributed by atoms with Crippen molar-refractivity contribution in [3.8, 4) is 11.8 Å². The summed E-state index contributed by atoms with van der Waals surface area (Å²) in [6, 6.07) is 16.5. The van der Waals surface area contributed by atoms with Crippen molar-refractivity contribution in [3.63, 3.8) is 0 Å². The van der Waals surface area contributed by atoms with Crippen molar-refractivity contribution in [2.24, 2.45) is 23.2 Å². The van der Waals surface area contributed by atoms with Crippen molar-refractivity contribution in [1.82, 2.24) is 10.2 Å². The summed E-state index contributed by atoms with van der Waals surface area (Å²) in [4.78, 5) is 26.7. The minimum absolute atomic E-state index is 0.00229. The van der Waals surface area contributed by atoms with Gasteiger partial charge in [0.25, 0.3) is 0 Å². The van der Waals surface area contributed by atoms with Crippen LogP contribution < -0.4 is 10.1 Å². The summed E-state index contributed by atoms with van der Waals surface area (Å²) >= 11 is 0. The summed E-state index contributed by atoms with van der Waals surface area (Å²) in [5.41, 5.74) is 1.64. The second kappa shape index (κ2) is 12.9. The van der Waals surface area contributed by atoms with Crippen molar-refractivity contribution < 1.29 is 28.0 Å². The number of rotatable bonds is 12. The van der Waals surface area contributed by atoms with E-state index in [0.29, 0.717) is 31.1 Å². The van der Waals surface area contributed by atoms with Crippen LogP contribution in [0, 0.1) is 40.3 Å². The van der Waals surface area contributed by atoms with E-state index >= 15 is 0 Å². The van der Waals surface area contributed by atoms with E-state index in [2.05, 4.69) is 26.1 Å². The summed E-state index contributed by atoms with van der Waals surface area (Å²) in [5, 5.41) is 12.5. The van der Waals surface area contributed by atoms with Crippen LogP contribution in [0.15, 0.2) is 48.5 Å². The van der Waals surface area contributed by atoms with Crippen LogP contribution in [-0.2, 0) is 31.7 Å². The first-order valence-electron chi connectivity index (χ1n) is 15.6. The monoisotopic (exact) mass is 603 g/mol. The number of nitrogens with one attached hydrogen (secondary N) is 1. The number of aryl methyl sites for hydroxylation is 1. The Bertz CT molecular complexity index is 1400. The molecule has 0 aromatic heterocycles. The minimum Gasteiger partial charge on any atom is -0.490 e. The molecule has 1 saturated heterocycles. The van der Waals surface area contributed by atoms with E-state index in [1.165, 1.54) is 11.0 Å². The predicted octanol–water partition coefficient (Wildman–Crippen LogP) is 4.75. The molecule has 1 aliphatic heterocycles. The summed E-state index contributed by atoms with van der Waals surface area (Å²) in [7, 11) is 2.65. The van der Waals surface area contributed by atoms with Gasteiger partial charge in [0.15, 0.2) is 11.6 Å². The number of nitriles is 1. The fourth-order valence-electron chi connectivity index (χ4n) is 7.37. The number of hydrogen-bond donors (Lipinski definition) is 1. The van der Waals surface area contributed by atoms with E-state index in [-0.39, 0.29) is 47.7 Å². The van der Waals surface area contributed by atoms with Crippen molar-refractivity contribution in [2.45, 2.75) is 76.9 Å². The van der Waals surface area contributed by atoms with E-state index < -0.39 is 24.8 Å². The first kappa shape index (κ1) is 32.0. The number of ether oxygens (including phenoxy) is 1. The van der Waals surface area contributed by atoms with Crippen molar-refractivity contribution in [2.75, 3.05) is 20.7 Å². The molecule has 1 unspecified atom stereocenters. The first-order valence-corrected chi connectivity index (χ1v) is 15.6. The zero-order valence-corrected chi connectivity index (χ0v) is 26.3. The Hall–Kier alpha value is -3.42. The minimum atomic E-state index is -0.775. The van der Waals surface area contributed by atoms with Gasteiger partial charge in [-0.25, -0.2) is 4.39 Å². The van der Waals surface area contributed by atoms with Crippen LogP contribution in [-0.4, -0.2) is 62.2 Å². The van der Waals surface area contributed by atoms with Crippen LogP contribution in [0.4, 0.5) is 4.39 Å². The van der Waals surface area contributed by atoms with Crippen molar-refractivity contribution in [3.05, 3.63) is 65.5 Å². The standard InChI is InChI=1S/C34H43BFN3O5/c1-33(2)25-19-28(33)34(3)29(20-25)43-35(44-34)30(18-22-9-7-6-8-10-22)38-31(40)15-16-42-27-17-23(12-14-26(27)36)11-13-24(21-37)32(41)39(4)5/h6-10,12,14,17,24-25,28-30H,11,13,15-16,18-20H2,1-5H3,(H,38,40)/t24?,25-,28-,29+,30-,34-/m0/s1. The average Bonchev–Trinajstić information content (AvgIpc) is 3.36. The van der Waals surface area contributed by atoms with Gasteiger partial charge in [-0.3, -0.25) is 9.59 Å². The Morgan fingerprint density at radius 2 is 1.91 bits per heavy atom. The molecule has 3 saturated carbocycles. The van der Waals surface area contributed by atoms with E-state index in [4.69, 9.17) is 14.0 Å². The van der Waals surface area contributed by atoms with Gasteiger partial charge >= 0.3 is 7.12 Å². The molecule has 8 nitrogen and oxygen atoms in total. The highest BCUT2D eigenvalue weighted by molar-refractivity contribution is 6.48. The van der Waals surface area contributed by atoms with Crippen LogP contribution in [0.3, 0.4) is 0 Å². The number of hydrogen-bond acceptors (Lipinski definition) is 6. The molecule has 2 aromatic rings. The molecular weight excluding hydrogens is 560 g/mol. The summed E-state index contributed by atoms with van der Waals surface area (Å²) < 4.78 is 33.4. The maximum Gasteiger partial charge on any atom is 0.482 e. The smallest absolute Gasteiger partial charge is 0.482 e. The Kier molecular flexibility index (Phi) is 9.38. The molecule has 1 heterocycles. The zero-order chi connectivity index (χ0) is 31.6. The van der Waals surface area contributed by atoms with Crippen LogP contribution in [0.5, 0.6) is 5.75 Å². The summed E-state index contributed by atoms with van der Waals surface area (Å²) in [6.07, 6.45) is 3.41. The molecule has 6 atom stereocenters. The van der Waals surface area contributed by atoms with Gasteiger partial charge in [-0.05, 0) is 79.5 Å². The second-order valence-corrected chi connectivity index (χ2v) is 13.5. The van der Waals surface area contributed by atoms with Gasteiger partial charge in [0.05, 0.1) is 36.7 Å². The highest BCUT2D eigenvalue weighted by Gasteiger charge is 2.68. The molecule has 44 heavy (non-hydrogen) atoms. The lowest BCUT2D eigenvalue weighted by Crippen LogP contribution is -2.65. The van der Waals surface area contributed by atoms with Crippen LogP contribution in [0.1, 0.15) is 57.6 Å². The Balaban J connectivity index is 1.19. The molecule has 2 aromatic carbocycles. The van der Waals surface area contributed by atoms with E-state index in [0.717, 1.165) is 24.0 Å². The van der Waals surface area contributed by atoms with Crippen LogP contribution in [0.2, 0.25) is 0 Å². The Labute approximate surface area is 260 Å². The average molecular weight is 604 g/mol. The molecule has 6 rings (SSSR count). The molecule has 10 heteroatoms. The second-order valence-electron chi connectivity index (χ2n) is 13.5. The molecule has 0 radical (unpaired) electrons. The topological polar surface area (TPSA) is 101 Å². The quantitative estimate of drug-likeness (QED) is 0.352. The van der Waals surface area contributed by atoms with Gasteiger partial charge in [0, 0.05) is 14.1 Å². The number of carbonyl (C=O) groups is 2. The van der Waals surface area contributed by atoms with E-state index in [1.54, 1.807) is 26.2 Å². The fourth-order valence-corrected chi connectivity index (χ4v) is 7.37. The molecule has 4 aliphatic rings. The number of amides is 2. The lowest BCUT2D eigenvalue weighted by atomic mass is 9.43. The highest BCUT2D eigenvalue weighted by atomic mass is 19.1. The van der Waals surface area contributed by atoms with E-state index in [9.17, 15) is 19.2 Å². The predicted molar refractivity (Wildman–Crippen MR) is 165 cm³/mol. The normalized spacial score (nSPS) is 26.0. The molecule has 4 fully saturated rings. The maximum absolute atomic E-state index is 14.5. The lowest BCUT2D eigenvalue weighted by molar-refractivity contribution is -0.199. The molecule has 2 bridgehead atoms. The molecular formula is C34H43BFN3O5. The van der Waals surface area contributed by atoms with Gasteiger partial charge in [0.1, 0.15) is 5.92 Å². The van der Waals surface area contributed by atoms with Gasteiger partial charge in [-0.1, -0.05) is 50.2 Å². The van der Waals surface area contributed by atoms with Crippen LogP contribution in [0.25, 0.3) is 0 Å². The third-order valence-corrected chi connectivity index (χ3v) is 10.1. The molecule has 234 valence electrons. The molecule has 0 spiro atoms. The molecule has 1 N–H and O–H groups in total. The Morgan fingerprint density at radius 3 is 2.59 bits per heavy atom. The van der Waals surface area contributed by atoms with Crippen molar-refractivity contribution >= 4 is 18.9 Å². The SMILES string of the molecule is CN(C)C(=O)C(C#N)CCc1ccc(F)c(OCCC(=O)N[C@@H](Cc2ccccc2)B2O[C@@H]3C[C@@H]4C[C@@H](C4(C)C)[C@]3(C)O2)c1. The first-order chi connectivity index (χ1) is 20.9.